The minimum Gasteiger partial charge on any atom is -0.461 e. The summed E-state index contributed by atoms with van der Waals surface area (Å²) in [5.41, 5.74) is 0.0607. The van der Waals surface area contributed by atoms with Crippen LogP contribution in [0.2, 0.25) is 0 Å². The molecule has 0 N–H and O–H groups in total. The number of esters is 1. The molecule has 214 valence electrons. The Morgan fingerprint density at radius 1 is 0.949 bits per heavy atom. The van der Waals surface area contributed by atoms with Crippen molar-refractivity contribution in [1.29, 1.82) is 0 Å². The van der Waals surface area contributed by atoms with Crippen molar-refractivity contribution in [3.05, 3.63) is 36.2 Å². The van der Waals surface area contributed by atoms with Crippen molar-refractivity contribution < 1.29 is 56.5 Å². The Morgan fingerprint density at radius 2 is 1.67 bits per heavy atom. The average molecular weight is 553 g/mol. The molecule has 5 atom stereocenters. The van der Waals surface area contributed by atoms with Gasteiger partial charge in [0.05, 0.1) is 6.20 Å². The Morgan fingerprint density at radius 3 is 2.31 bits per heavy atom. The first-order valence-corrected chi connectivity index (χ1v) is 12.4. The summed E-state index contributed by atoms with van der Waals surface area (Å²) in [7, 11) is 0. The normalized spacial score (nSPS) is 14.6. The van der Waals surface area contributed by atoms with E-state index in [4.69, 9.17) is 32.5 Å². The zero-order chi connectivity index (χ0) is 28.5. The SMILES string of the molecule is CCCCCCCC(=O)OC(c1cnco1)c1nc(C(CC(OC=O)C(OC=O)C(C)OC=O)OC=O)co1. The van der Waals surface area contributed by atoms with E-state index < -0.39 is 36.5 Å². The molecule has 0 saturated heterocycles. The van der Waals surface area contributed by atoms with Crippen LogP contribution in [0, 0.1) is 0 Å². The van der Waals surface area contributed by atoms with Crippen molar-refractivity contribution in [2.75, 3.05) is 0 Å². The number of carbonyl (C=O) groups is 5. The second kappa shape index (κ2) is 17.3. The van der Waals surface area contributed by atoms with Gasteiger partial charge in [-0.2, -0.15) is 0 Å². The summed E-state index contributed by atoms with van der Waals surface area (Å²) in [6, 6.07) is 0. The predicted molar refractivity (Wildman–Crippen MR) is 127 cm³/mol. The van der Waals surface area contributed by atoms with Crippen molar-refractivity contribution >= 4 is 31.9 Å². The Balaban J connectivity index is 2.24. The van der Waals surface area contributed by atoms with E-state index in [1.165, 1.54) is 13.1 Å². The van der Waals surface area contributed by atoms with Gasteiger partial charge in [-0.3, -0.25) is 24.0 Å². The first-order chi connectivity index (χ1) is 19.0. The molecule has 2 aromatic rings. The minimum absolute atomic E-state index is 0.0607. The van der Waals surface area contributed by atoms with Gasteiger partial charge in [-0.05, 0) is 13.3 Å². The molecule has 0 aliphatic heterocycles. The lowest BCUT2D eigenvalue weighted by Crippen LogP contribution is -2.42. The van der Waals surface area contributed by atoms with Gasteiger partial charge in [-0.1, -0.05) is 32.6 Å². The highest BCUT2D eigenvalue weighted by molar-refractivity contribution is 5.69. The van der Waals surface area contributed by atoms with Gasteiger partial charge in [0, 0.05) is 12.8 Å². The van der Waals surface area contributed by atoms with Crippen LogP contribution in [-0.2, 0) is 47.7 Å². The molecule has 0 amide bonds. The number of nitrogens with zero attached hydrogens (tertiary/aromatic N) is 2. The van der Waals surface area contributed by atoms with Gasteiger partial charge in [-0.25, -0.2) is 9.97 Å². The first kappa shape index (κ1) is 31.0. The average Bonchev–Trinajstić information content (AvgIpc) is 3.63. The molecule has 0 saturated carbocycles. The summed E-state index contributed by atoms with van der Waals surface area (Å²) < 4.78 is 36.4. The van der Waals surface area contributed by atoms with Crippen LogP contribution in [0.15, 0.2) is 27.7 Å². The van der Waals surface area contributed by atoms with E-state index in [2.05, 4.69) is 16.9 Å². The topological polar surface area (TPSA) is 184 Å². The minimum atomic E-state index is -1.23. The number of oxazole rings is 2. The maximum atomic E-state index is 12.5. The van der Waals surface area contributed by atoms with Crippen LogP contribution >= 0.6 is 0 Å². The Kier molecular flexibility index (Phi) is 13.8. The molecule has 0 spiro atoms. The second-order valence-corrected chi connectivity index (χ2v) is 8.41. The summed E-state index contributed by atoms with van der Waals surface area (Å²) in [5, 5.41) is 0. The molecule has 0 aliphatic rings. The molecule has 14 nitrogen and oxygen atoms in total. The van der Waals surface area contributed by atoms with Gasteiger partial charge in [0.15, 0.2) is 24.4 Å². The molecular weight excluding hydrogens is 520 g/mol. The van der Waals surface area contributed by atoms with Crippen LogP contribution in [0.3, 0.4) is 0 Å². The third kappa shape index (κ3) is 9.87. The highest BCUT2D eigenvalue weighted by atomic mass is 16.6. The summed E-state index contributed by atoms with van der Waals surface area (Å²) in [6.45, 7) is 4.00. The lowest BCUT2D eigenvalue weighted by molar-refractivity contribution is -0.170. The number of rotatable bonds is 22. The van der Waals surface area contributed by atoms with Gasteiger partial charge < -0.3 is 32.5 Å². The molecule has 2 aromatic heterocycles. The molecular formula is C25H32N2O12. The highest BCUT2D eigenvalue weighted by Gasteiger charge is 2.36. The number of aromatic nitrogens is 2. The van der Waals surface area contributed by atoms with Crippen LogP contribution in [0.5, 0.6) is 0 Å². The summed E-state index contributed by atoms with van der Waals surface area (Å²) >= 11 is 0. The molecule has 0 radical (unpaired) electrons. The standard InChI is InChI=1S/C25H32N2O12/c1-3-4-5-6-7-8-22(32)39-24(21-10-26-12-34-21)25-27-18(11-33-25)19(36-14-29)9-20(37-15-30)23(38-16-31)17(2)35-13-28/h10-17,19-20,23-24H,3-9H2,1-2H3. The molecule has 0 fully saturated rings. The quantitative estimate of drug-likeness (QED) is 0.0898. The van der Waals surface area contributed by atoms with E-state index in [0.717, 1.165) is 38.3 Å². The summed E-state index contributed by atoms with van der Waals surface area (Å²) in [5.74, 6) is -0.436. The van der Waals surface area contributed by atoms with Gasteiger partial charge in [-0.15, -0.1) is 0 Å². The van der Waals surface area contributed by atoms with Crippen molar-refractivity contribution in [3.63, 3.8) is 0 Å². The Bertz CT molecular complexity index is 1010. The van der Waals surface area contributed by atoms with E-state index in [0.29, 0.717) is 6.42 Å². The molecule has 0 aliphatic carbocycles. The van der Waals surface area contributed by atoms with Gasteiger partial charge in [0.2, 0.25) is 12.0 Å². The third-order valence-corrected chi connectivity index (χ3v) is 5.75. The zero-order valence-corrected chi connectivity index (χ0v) is 21.7. The van der Waals surface area contributed by atoms with Crippen LogP contribution in [0.4, 0.5) is 0 Å². The van der Waals surface area contributed by atoms with E-state index in [1.54, 1.807) is 0 Å². The van der Waals surface area contributed by atoms with Crippen LogP contribution in [0.25, 0.3) is 0 Å². The maximum absolute atomic E-state index is 12.5. The van der Waals surface area contributed by atoms with Crippen molar-refractivity contribution in [2.24, 2.45) is 0 Å². The summed E-state index contributed by atoms with van der Waals surface area (Å²) in [4.78, 5) is 64.9. The molecule has 5 unspecified atom stereocenters. The number of hydrogen-bond donors (Lipinski definition) is 0. The second-order valence-electron chi connectivity index (χ2n) is 8.41. The van der Waals surface area contributed by atoms with Crippen LogP contribution in [-0.4, -0.2) is 60.1 Å². The first-order valence-electron chi connectivity index (χ1n) is 12.4. The van der Waals surface area contributed by atoms with E-state index in [-0.39, 0.29) is 56.1 Å². The van der Waals surface area contributed by atoms with Crippen molar-refractivity contribution in [2.45, 2.75) is 89.3 Å². The third-order valence-electron chi connectivity index (χ3n) is 5.75. The molecule has 0 aromatic carbocycles. The van der Waals surface area contributed by atoms with Gasteiger partial charge in [0.1, 0.15) is 24.2 Å². The number of ether oxygens (including phenoxy) is 5. The number of unbranched alkanes of at least 4 members (excludes halogenated alkanes) is 4. The molecule has 2 rings (SSSR count). The lowest BCUT2D eigenvalue weighted by Gasteiger charge is -2.29. The molecule has 39 heavy (non-hydrogen) atoms. The van der Waals surface area contributed by atoms with Crippen molar-refractivity contribution in [3.8, 4) is 0 Å². The zero-order valence-electron chi connectivity index (χ0n) is 21.7. The fourth-order valence-electron chi connectivity index (χ4n) is 3.81. The van der Waals surface area contributed by atoms with Crippen molar-refractivity contribution in [1.82, 2.24) is 9.97 Å². The smallest absolute Gasteiger partial charge is 0.307 e. The van der Waals surface area contributed by atoms with Gasteiger partial charge in [0.25, 0.3) is 25.9 Å². The van der Waals surface area contributed by atoms with E-state index in [1.807, 2.05) is 0 Å². The molecule has 14 heteroatoms. The van der Waals surface area contributed by atoms with E-state index >= 15 is 0 Å². The highest BCUT2D eigenvalue weighted by Crippen LogP contribution is 2.31. The summed E-state index contributed by atoms with van der Waals surface area (Å²) in [6.07, 6.45) is 2.49. The maximum Gasteiger partial charge on any atom is 0.307 e. The largest absolute Gasteiger partial charge is 0.461 e. The number of hydrogen-bond acceptors (Lipinski definition) is 14. The monoisotopic (exact) mass is 552 g/mol. The molecule has 2 heterocycles. The number of carbonyl (C=O) groups excluding carboxylic acids is 5. The Labute approximate surface area is 224 Å². The van der Waals surface area contributed by atoms with E-state index in [9.17, 15) is 24.0 Å². The Hall–Kier alpha value is -4.23. The van der Waals surface area contributed by atoms with Crippen LogP contribution < -0.4 is 0 Å². The fraction of sp³-hybridized carbons (Fsp3) is 0.560. The lowest BCUT2D eigenvalue weighted by atomic mass is 10.0. The van der Waals surface area contributed by atoms with Gasteiger partial charge >= 0.3 is 5.97 Å². The van der Waals surface area contributed by atoms with Crippen LogP contribution in [0.1, 0.15) is 88.3 Å². The predicted octanol–water partition coefficient (Wildman–Crippen LogP) is 2.90. The molecule has 0 bridgehead atoms. The fourth-order valence-corrected chi connectivity index (χ4v) is 3.81.